The lowest BCUT2D eigenvalue weighted by Crippen LogP contribution is -1.87. The monoisotopic (exact) mass is 368 g/mol. The van der Waals surface area contributed by atoms with Crippen LogP contribution in [0.3, 0.4) is 0 Å². The second kappa shape index (κ2) is 5.36. The Kier molecular flexibility index (Phi) is 2.80. The predicted octanol–water partition coefficient (Wildman–Crippen LogP) is 8.15. The minimum atomic E-state index is 0.939. The molecule has 1 nitrogen and oxygen atoms in total. The van der Waals surface area contributed by atoms with Gasteiger partial charge in [0.05, 0.1) is 0 Å². The Hall–Kier alpha value is -3.84. The van der Waals surface area contributed by atoms with Gasteiger partial charge in [-0.1, -0.05) is 78.9 Å². The summed E-state index contributed by atoms with van der Waals surface area (Å²) in [6, 6.07) is 34.8. The Morgan fingerprint density at radius 1 is 0.448 bits per heavy atom. The highest BCUT2D eigenvalue weighted by Gasteiger charge is 2.13. The molecular weight excluding hydrogens is 352 g/mol. The first-order chi connectivity index (χ1) is 14.4. The van der Waals surface area contributed by atoms with Crippen molar-refractivity contribution in [1.29, 1.82) is 0 Å². The Morgan fingerprint density at radius 3 is 2.03 bits per heavy atom. The smallest absolute Gasteiger partial charge is 0.136 e. The SMILES string of the molecule is c1cc2ccc3ccc(-c4ccc5c(c4)oc4ccccc45)c4ccc(c1)c2c34. The maximum atomic E-state index is 6.14. The van der Waals surface area contributed by atoms with Gasteiger partial charge < -0.3 is 4.42 Å². The largest absolute Gasteiger partial charge is 0.456 e. The quantitative estimate of drug-likeness (QED) is 0.266. The molecule has 0 amide bonds. The lowest BCUT2D eigenvalue weighted by molar-refractivity contribution is 0.669. The maximum Gasteiger partial charge on any atom is 0.136 e. The van der Waals surface area contributed by atoms with Gasteiger partial charge in [0.15, 0.2) is 0 Å². The van der Waals surface area contributed by atoms with Crippen LogP contribution in [0.2, 0.25) is 0 Å². The third kappa shape index (κ3) is 1.99. The van der Waals surface area contributed by atoms with E-state index in [9.17, 15) is 0 Å². The molecule has 0 radical (unpaired) electrons. The zero-order chi connectivity index (χ0) is 18.9. The minimum Gasteiger partial charge on any atom is -0.456 e. The molecule has 7 aromatic rings. The Morgan fingerprint density at radius 2 is 1.14 bits per heavy atom. The van der Waals surface area contributed by atoms with E-state index in [1.165, 1.54) is 54.2 Å². The van der Waals surface area contributed by atoms with E-state index < -0.39 is 0 Å². The summed E-state index contributed by atoms with van der Waals surface area (Å²) in [5.41, 5.74) is 4.32. The third-order valence-corrected chi connectivity index (χ3v) is 6.22. The van der Waals surface area contributed by atoms with Gasteiger partial charge in [0.1, 0.15) is 11.2 Å². The summed E-state index contributed by atoms with van der Waals surface area (Å²) in [4.78, 5) is 0. The van der Waals surface area contributed by atoms with Crippen molar-refractivity contribution in [1.82, 2.24) is 0 Å². The average Bonchev–Trinajstić information content (AvgIpc) is 3.15. The van der Waals surface area contributed by atoms with Crippen LogP contribution in [0.5, 0.6) is 0 Å². The van der Waals surface area contributed by atoms with Crippen molar-refractivity contribution in [2.24, 2.45) is 0 Å². The molecule has 0 aliphatic carbocycles. The molecule has 0 bridgehead atoms. The van der Waals surface area contributed by atoms with Crippen LogP contribution in [0.1, 0.15) is 0 Å². The molecule has 134 valence electrons. The fourth-order valence-electron chi connectivity index (χ4n) is 4.88. The maximum absolute atomic E-state index is 6.14. The number of rotatable bonds is 1. The second-order valence-corrected chi connectivity index (χ2v) is 7.78. The van der Waals surface area contributed by atoms with Crippen LogP contribution in [-0.2, 0) is 0 Å². The van der Waals surface area contributed by atoms with Crippen LogP contribution in [0, 0.1) is 0 Å². The molecule has 0 N–H and O–H groups in total. The van der Waals surface area contributed by atoms with Gasteiger partial charge in [0.2, 0.25) is 0 Å². The first-order valence-electron chi connectivity index (χ1n) is 9.95. The van der Waals surface area contributed by atoms with Crippen LogP contribution in [0.15, 0.2) is 101 Å². The molecule has 0 atom stereocenters. The summed E-state index contributed by atoms with van der Waals surface area (Å²) >= 11 is 0. The lowest BCUT2D eigenvalue weighted by Gasteiger charge is -2.14. The van der Waals surface area contributed by atoms with Gasteiger partial charge in [0.25, 0.3) is 0 Å². The molecule has 1 heteroatoms. The summed E-state index contributed by atoms with van der Waals surface area (Å²) < 4.78 is 6.14. The third-order valence-electron chi connectivity index (χ3n) is 6.22. The molecule has 0 unspecified atom stereocenters. The molecule has 1 heterocycles. The van der Waals surface area contributed by atoms with Crippen molar-refractivity contribution in [3.8, 4) is 11.1 Å². The Labute approximate surface area is 167 Å². The zero-order valence-electron chi connectivity index (χ0n) is 15.6. The number of furan rings is 1. The predicted molar refractivity (Wildman–Crippen MR) is 123 cm³/mol. The van der Waals surface area contributed by atoms with Crippen molar-refractivity contribution >= 4 is 54.3 Å². The number of para-hydroxylation sites is 1. The van der Waals surface area contributed by atoms with Gasteiger partial charge in [-0.25, -0.2) is 0 Å². The van der Waals surface area contributed by atoms with Crippen molar-refractivity contribution in [2.75, 3.05) is 0 Å². The molecule has 0 aliphatic heterocycles. The van der Waals surface area contributed by atoms with Gasteiger partial charge in [0, 0.05) is 10.8 Å². The minimum absolute atomic E-state index is 0.939. The van der Waals surface area contributed by atoms with E-state index in [1.807, 2.05) is 12.1 Å². The van der Waals surface area contributed by atoms with Crippen LogP contribution >= 0.6 is 0 Å². The van der Waals surface area contributed by atoms with Crippen molar-refractivity contribution < 1.29 is 4.42 Å². The fourth-order valence-corrected chi connectivity index (χ4v) is 4.88. The molecule has 0 spiro atoms. The summed E-state index contributed by atoms with van der Waals surface area (Å²) in [7, 11) is 0. The lowest BCUT2D eigenvalue weighted by atomic mass is 9.90. The summed E-state index contributed by atoms with van der Waals surface area (Å²) in [6.07, 6.45) is 0. The number of hydrogen-bond donors (Lipinski definition) is 0. The van der Waals surface area contributed by atoms with Crippen molar-refractivity contribution in [2.45, 2.75) is 0 Å². The molecule has 0 fully saturated rings. The highest BCUT2D eigenvalue weighted by molar-refractivity contribution is 6.25. The van der Waals surface area contributed by atoms with E-state index in [0.29, 0.717) is 0 Å². The van der Waals surface area contributed by atoms with E-state index in [-0.39, 0.29) is 0 Å². The molecule has 29 heavy (non-hydrogen) atoms. The number of fused-ring (bicyclic) bond motifs is 3. The van der Waals surface area contributed by atoms with E-state index in [1.54, 1.807) is 0 Å². The fraction of sp³-hybridized carbons (Fsp3) is 0. The van der Waals surface area contributed by atoms with Crippen LogP contribution in [0.4, 0.5) is 0 Å². The van der Waals surface area contributed by atoms with E-state index in [0.717, 1.165) is 11.2 Å². The zero-order valence-corrected chi connectivity index (χ0v) is 15.6. The van der Waals surface area contributed by atoms with Gasteiger partial charge in [-0.3, -0.25) is 0 Å². The Bertz CT molecular complexity index is 1680. The average molecular weight is 368 g/mol. The first-order valence-corrected chi connectivity index (χ1v) is 9.95. The number of benzene rings is 6. The van der Waals surface area contributed by atoms with E-state index in [4.69, 9.17) is 4.42 Å². The molecule has 0 aliphatic rings. The van der Waals surface area contributed by atoms with E-state index in [2.05, 4.69) is 84.9 Å². The Balaban J connectivity index is 1.57. The summed E-state index contributed by atoms with van der Waals surface area (Å²) in [5.74, 6) is 0. The standard InChI is InChI=1S/C28H16O/c1-2-7-25-22(6-1)23-14-12-20(16-26(23)29-25)21-13-10-19-9-8-17-4-3-5-18-11-15-24(21)28(19)27(17)18/h1-16H. The van der Waals surface area contributed by atoms with Crippen LogP contribution < -0.4 is 0 Å². The number of hydrogen-bond acceptors (Lipinski definition) is 1. The summed E-state index contributed by atoms with van der Waals surface area (Å²) in [5, 5.41) is 10.2. The molecule has 6 aromatic carbocycles. The first kappa shape index (κ1) is 15.1. The van der Waals surface area contributed by atoms with Gasteiger partial charge in [-0.05, 0) is 61.6 Å². The van der Waals surface area contributed by atoms with Crippen LogP contribution in [0.25, 0.3) is 65.4 Å². The normalized spacial score (nSPS) is 12.1. The van der Waals surface area contributed by atoms with Crippen molar-refractivity contribution in [3.05, 3.63) is 97.1 Å². The van der Waals surface area contributed by atoms with E-state index >= 15 is 0 Å². The second-order valence-electron chi connectivity index (χ2n) is 7.78. The van der Waals surface area contributed by atoms with Crippen LogP contribution in [-0.4, -0.2) is 0 Å². The van der Waals surface area contributed by atoms with Gasteiger partial charge in [-0.15, -0.1) is 0 Å². The highest BCUT2D eigenvalue weighted by atomic mass is 16.3. The summed E-state index contributed by atoms with van der Waals surface area (Å²) in [6.45, 7) is 0. The molecule has 0 saturated heterocycles. The highest BCUT2D eigenvalue weighted by Crippen LogP contribution is 2.40. The molecule has 7 rings (SSSR count). The topological polar surface area (TPSA) is 13.1 Å². The molecular formula is C28H16O. The molecule has 1 aromatic heterocycles. The molecule has 0 saturated carbocycles. The van der Waals surface area contributed by atoms with Gasteiger partial charge >= 0.3 is 0 Å². The van der Waals surface area contributed by atoms with Gasteiger partial charge in [-0.2, -0.15) is 0 Å². The van der Waals surface area contributed by atoms with Crippen molar-refractivity contribution in [3.63, 3.8) is 0 Å².